The molecule has 2 heteroatoms. The van der Waals surface area contributed by atoms with E-state index in [2.05, 4.69) is 337 Å². The van der Waals surface area contributed by atoms with Gasteiger partial charge >= 0.3 is 0 Å². The van der Waals surface area contributed by atoms with Gasteiger partial charge in [-0.2, -0.15) is 0 Å². The predicted octanol–water partition coefficient (Wildman–Crippen LogP) is 20.8. The summed E-state index contributed by atoms with van der Waals surface area (Å²) in [4.78, 5) is 4.96. The smallest absolute Gasteiger partial charge is 0.0714 e. The molecule has 0 unspecified atom stereocenters. The number of hydrogen-bond acceptors (Lipinski definition) is 2. The first-order valence-corrected chi connectivity index (χ1v) is 28.5. The Kier molecular flexibility index (Phi) is 11.0. The summed E-state index contributed by atoms with van der Waals surface area (Å²) in [7, 11) is 0. The molecule has 0 atom stereocenters. The molecule has 0 saturated carbocycles. The van der Waals surface area contributed by atoms with Crippen LogP contribution in [0.4, 0.5) is 34.1 Å². The zero-order chi connectivity index (χ0) is 54.2. The minimum Gasteiger partial charge on any atom is -0.310 e. The van der Waals surface area contributed by atoms with E-state index in [1.165, 1.54) is 93.7 Å². The molecule has 0 radical (unpaired) electrons. The van der Waals surface area contributed by atoms with E-state index in [1.54, 1.807) is 0 Å². The number of rotatable bonds is 10. The summed E-state index contributed by atoms with van der Waals surface area (Å²) < 4.78 is 0. The normalized spacial score (nSPS) is 13.3. The highest BCUT2D eigenvalue weighted by Crippen LogP contribution is 2.60. The van der Waals surface area contributed by atoms with E-state index >= 15 is 0 Å². The van der Waals surface area contributed by atoms with Gasteiger partial charge in [0.15, 0.2) is 0 Å². The van der Waals surface area contributed by atoms with Crippen LogP contribution in [-0.4, -0.2) is 0 Å². The Morgan fingerprint density at radius 2 is 0.585 bits per heavy atom. The van der Waals surface area contributed by atoms with E-state index < -0.39 is 10.8 Å². The number of fused-ring (bicyclic) bond motifs is 10. The van der Waals surface area contributed by atoms with Crippen LogP contribution in [0.15, 0.2) is 328 Å². The lowest BCUT2D eigenvalue weighted by Crippen LogP contribution is -2.28. The van der Waals surface area contributed by atoms with E-state index in [0.29, 0.717) is 0 Å². The Bertz CT molecular complexity index is 4650. The number of benzene rings is 14. The summed E-state index contributed by atoms with van der Waals surface area (Å²) in [5.41, 5.74) is 20.4. The molecule has 14 aromatic carbocycles. The molecule has 82 heavy (non-hydrogen) atoms. The summed E-state index contributed by atoms with van der Waals surface area (Å²) in [6.07, 6.45) is 0. The van der Waals surface area contributed by atoms with Gasteiger partial charge in [0.1, 0.15) is 0 Å². The lowest BCUT2D eigenvalue weighted by molar-refractivity contribution is 0.768. The van der Waals surface area contributed by atoms with Gasteiger partial charge in [-0.05, 0) is 173 Å². The van der Waals surface area contributed by atoms with E-state index in [0.717, 1.165) is 39.5 Å². The fourth-order valence-electron chi connectivity index (χ4n) is 14.3. The molecule has 0 aromatic heterocycles. The van der Waals surface area contributed by atoms with Crippen LogP contribution in [0, 0.1) is 0 Å². The maximum Gasteiger partial charge on any atom is 0.0714 e. The van der Waals surface area contributed by atoms with Crippen molar-refractivity contribution in [1.82, 2.24) is 0 Å². The number of anilines is 6. The number of para-hydroxylation sites is 2. The first-order valence-electron chi connectivity index (χ1n) is 28.5. The lowest BCUT2D eigenvalue weighted by atomic mass is 9.67. The lowest BCUT2D eigenvalue weighted by Gasteiger charge is -2.35. The van der Waals surface area contributed by atoms with Crippen LogP contribution in [0.3, 0.4) is 0 Å². The molecule has 384 valence electrons. The molecule has 2 nitrogen and oxygen atoms in total. The van der Waals surface area contributed by atoms with Gasteiger partial charge in [0, 0.05) is 33.8 Å². The third kappa shape index (κ3) is 7.14. The SMILES string of the molecule is c1ccc(N(c2ccc3c(c2)C(c2ccccc2)(c2ccccc2)c2cc4ccccc4cc2-3)c2ccc3c(c2)c(N(c2ccccc2)c2ccc4c(c2)C(c2ccccc2)(c2ccccc2)c2ccccc2-4)cc2ccccc23)cc1. The third-order valence-electron chi connectivity index (χ3n) is 17.7. The molecule has 16 rings (SSSR count). The van der Waals surface area contributed by atoms with Gasteiger partial charge in [-0.3, -0.25) is 0 Å². The number of hydrogen-bond donors (Lipinski definition) is 0. The van der Waals surface area contributed by atoms with Gasteiger partial charge in [0.05, 0.1) is 16.5 Å². The molecule has 14 aromatic rings. The van der Waals surface area contributed by atoms with Crippen molar-refractivity contribution < 1.29 is 0 Å². The highest BCUT2D eigenvalue weighted by molar-refractivity contribution is 6.16. The zero-order valence-corrected chi connectivity index (χ0v) is 45.1. The van der Waals surface area contributed by atoms with E-state index in [-0.39, 0.29) is 0 Å². The summed E-state index contributed by atoms with van der Waals surface area (Å²) in [6.45, 7) is 0. The van der Waals surface area contributed by atoms with Crippen molar-refractivity contribution in [3.63, 3.8) is 0 Å². The van der Waals surface area contributed by atoms with Crippen LogP contribution in [0.1, 0.15) is 44.5 Å². The summed E-state index contributed by atoms with van der Waals surface area (Å²) in [5, 5.41) is 7.19. The van der Waals surface area contributed by atoms with Crippen LogP contribution in [0.5, 0.6) is 0 Å². The largest absolute Gasteiger partial charge is 0.310 e. The second-order valence-electron chi connectivity index (χ2n) is 21.9. The quantitative estimate of drug-likeness (QED) is 0.126. The molecule has 0 amide bonds. The zero-order valence-electron chi connectivity index (χ0n) is 45.1. The molecule has 0 fully saturated rings. The van der Waals surface area contributed by atoms with Crippen LogP contribution in [0.2, 0.25) is 0 Å². The fraction of sp³-hybridized carbons (Fsp3) is 0.0250. The Labute approximate surface area is 478 Å². The highest BCUT2D eigenvalue weighted by Gasteiger charge is 2.48. The first kappa shape index (κ1) is 47.5. The summed E-state index contributed by atoms with van der Waals surface area (Å²) >= 11 is 0. The van der Waals surface area contributed by atoms with Crippen molar-refractivity contribution in [3.05, 3.63) is 372 Å². The molecule has 0 bridgehead atoms. The highest BCUT2D eigenvalue weighted by atomic mass is 15.2. The molecular formula is C80H54N2. The van der Waals surface area contributed by atoms with E-state index in [4.69, 9.17) is 0 Å². The Morgan fingerprint density at radius 3 is 1.16 bits per heavy atom. The molecule has 2 aliphatic rings. The molecule has 0 N–H and O–H groups in total. The van der Waals surface area contributed by atoms with Crippen molar-refractivity contribution >= 4 is 66.4 Å². The minimum atomic E-state index is -0.600. The maximum absolute atomic E-state index is 2.50. The van der Waals surface area contributed by atoms with Crippen molar-refractivity contribution in [2.24, 2.45) is 0 Å². The van der Waals surface area contributed by atoms with Crippen LogP contribution in [-0.2, 0) is 10.8 Å². The van der Waals surface area contributed by atoms with E-state index in [1.807, 2.05) is 0 Å². The molecule has 0 aliphatic heterocycles. The van der Waals surface area contributed by atoms with Crippen LogP contribution < -0.4 is 9.80 Å². The van der Waals surface area contributed by atoms with Gasteiger partial charge in [-0.15, -0.1) is 0 Å². The first-order chi connectivity index (χ1) is 40.7. The fourth-order valence-corrected chi connectivity index (χ4v) is 14.3. The van der Waals surface area contributed by atoms with Gasteiger partial charge in [0.25, 0.3) is 0 Å². The second-order valence-corrected chi connectivity index (χ2v) is 21.9. The van der Waals surface area contributed by atoms with E-state index in [9.17, 15) is 0 Å². The van der Waals surface area contributed by atoms with Crippen molar-refractivity contribution in [3.8, 4) is 22.3 Å². The van der Waals surface area contributed by atoms with Crippen molar-refractivity contribution in [2.75, 3.05) is 9.80 Å². The molecule has 0 heterocycles. The topological polar surface area (TPSA) is 6.48 Å². The Hall–Kier alpha value is -10.5. The summed E-state index contributed by atoms with van der Waals surface area (Å²) in [5.74, 6) is 0. The predicted molar refractivity (Wildman–Crippen MR) is 343 cm³/mol. The summed E-state index contributed by atoms with van der Waals surface area (Å²) in [6, 6.07) is 122. The molecular weight excluding hydrogens is 989 g/mol. The van der Waals surface area contributed by atoms with Gasteiger partial charge in [0.2, 0.25) is 0 Å². The monoisotopic (exact) mass is 1040 g/mol. The van der Waals surface area contributed by atoms with Crippen LogP contribution in [0.25, 0.3) is 54.6 Å². The average Bonchev–Trinajstić information content (AvgIpc) is 2.08. The molecule has 2 aliphatic carbocycles. The maximum atomic E-state index is 2.50. The third-order valence-corrected chi connectivity index (χ3v) is 17.7. The van der Waals surface area contributed by atoms with Gasteiger partial charge < -0.3 is 9.80 Å². The second kappa shape index (κ2) is 19.1. The molecule has 0 saturated heterocycles. The van der Waals surface area contributed by atoms with Crippen molar-refractivity contribution in [1.29, 1.82) is 0 Å². The number of nitrogens with zero attached hydrogens (tertiary/aromatic N) is 2. The van der Waals surface area contributed by atoms with Crippen LogP contribution >= 0.6 is 0 Å². The minimum absolute atomic E-state index is 0.565. The molecule has 0 spiro atoms. The average molecular weight is 1040 g/mol. The van der Waals surface area contributed by atoms with Gasteiger partial charge in [-0.1, -0.05) is 249 Å². The van der Waals surface area contributed by atoms with Crippen molar-refractivity contribution in [2.45, 2.75) is 10.8 Å². The Morgan fingerprint density at radius 1 is 0.195 bits per heavy atom. The van der Waals surface area contributed by atoms with Gasteiger partial charge in [-0.25, -0.2) is 0 Å². The standard InChI is InChI=1S/C80H54N2/c1-7-28-58(29-8-1)79(59-30-9-2-10-31-59)74-42-24-23-41-69(74)70-47-45-66(54-76(70)79)82(63-38-17-6-18-39-63)78-51-57-27-21-22-40-67(57)68-46-43-64(52-73(68)78)81(62-36-15-5-16-37-62)65-44-48-71-72-49-55-25-19-20-26-56(55)50-75(72)80(77(71)53-65,60-32-11-3-12-33-60)61-34-13-4-14-35-61/h1-54H. The Balaban J connectivity index is 0.943.